The maximum atomic E-state index is 13.8. The van der Waals surface area contributed by atoms with Gasteiger partial charge in [-0.15, -0.1) is 0 Å². The number of piperidine rings is 1. The van der Waals surface area contributed by atoms with Crippen molar-refractivity contribution in [2.45, 2.75) is 65.7 Å². The number of hydrogen-bond acceptors (Lipinski definition) is 3. The Morgan fingerprint density at radius 1 is 1.05 bits per heavy atom. The summed E-state index contributed by atoms with van der Waals surface area (Å²) in [7, 11) is 0. The first-order valence-electron chi connectivity index (χ1n) is 14.8. The minimum atomic E-state index is -0.0509. The monoisotopic (exact) mass is 539 g/mol. The van der Waals surface area contributed by atoms with Crippen molar-refractivity contribution < 1.29 is 9.59 Å². The third-order valence-electron chi connectivity index (χ3n) is 8.87. The van der Waals surface area contributed by atoms with Gasteiger partial charge in [-0.1, -0.05) is 57.3 Å². The second-order valence-corrected chi connectivity index (χ2v) is 12.3. The van der Waals surface area contributed by atoms with Gasteiger partial charge in [-0.2, -0.15) is 0 Å². The zero-order chi connectivity index (χ0) is 27.1. The van der Waals surface area contributed by atoms with E-state index in [1.165, 1.54) is 19.3 Å². The second kappa shape index (κ2) is 13.8. The van der Waals surface area contributed by atoms with Crippen LogP contribution in [0.2, 0.25) is 5.02 Å². The molecule has 2 aliphatic rings. The predicted octanol–water partition coefficient (Wildman–Crippen LogP) is 6.64. The van der Waals surface area contributed by atoms with Crippen LogP contribution in [0.25, 0.3) is 10.8 Å². The first-order chi connectivity index (χ1) is 18.3. The molecule has 2 saturated heterocycles. The van der Waals surface area contributed by atoms with Crippen molar-refractivity contribution in [2.75, 3.05) is 39.3 Å². The smallest absolute Gasteiger partial charge is 0.251 e. The lowest BCUT2D eigenvalue weighted by Gasteiger charge is -2.31. The van der Waals surface area contributed by atoms with Crippen LogP contribution in [0.15, 0.2) is 36.4 Å². The van der Waals surface area contributed by atoms with E-state index in [0.29, 0.717) is 40.8 Å². The lowest BCUT2D eigenvalue weighted by atomic mass is 9.90. The van der Waals surface area contributed by atoms with Crippen molar-refractivity contribution in [1.29, 1.82) is 0 Å². The van der Waals surface area contributed by atoms with E-state index < -0.39 is 0 Å². The first kappa shape index (κ1) is 28.9. The summed E-state index contributed by atoms with van der Waals surface area (Å²) in [4.78, 5) is 31.5. The number of benzene rings is 2. The van der Waals surface area contributed by atoms with Crippen molar-refractivity contribution in [2.24, 2.45) is 23.7 Å². The number of nitrogens with zero attached hydrogens (tertiary/aromatic N) is 2. The summed E-state index contributed by atoms with van der Waals surface area (Å²) in [6, 6.07) is 11.5. The number of fused-ring (bicyclic) bond motifs is 1. The average Bonchev–Trinajstić information content (AvgIpc) is 3.07. The van der Waals surface area contributed by atoms with Crippen molar-refractivity contribution >= 4 is 34.2 Å². The highest BCUT2D eigenvalue weighted by Crippen LogP contribution is 2.29. The van der Waals surface area contributed by atoms with E-state index in [-0.39, 0.29) is 11.8 Å². The quantitative estimate of drug-likeness (QED) is 0.368. The number of rotatable bonds is 10. The van der Waals surface area contributed by atoms with Crippen LogP contribution in [0.3, 0.4) is 0 Å². The molecule has 0 bridgehead atoms. The van der Waals surface area contributed by atoms with Crippen LogP contribution in [0.4, 0.5) is 0 Å². The van der Waals surface area contributed by atoms with E-state index in [2.05, 4.69) is 35.9 Å². The minimum Gasteiger partial charge on any atom is -0.352 e. The standard InChI is InChI=1S/C32H46ClN3O2/c1-4-25(23(2)3)22-36-17-12-24(18-29(32(36)38)13-16-35-14-6-5-7-15-35)21-34-31(37)28-9-8-27-20-30(33)11-10-26(27)19-28/h8-11,19-20,23-25,29H,4-7,12-18,21-22H2,1-3H3,(H,34,37)/t24?,25?,29-/m1/s1. The SMILES string of the molecule is CCC(CN1CCC(CNC(=O)c2ccc3cc(Cl)ccc3c2)C[C@@H](CCN2CCCCC2)C1=O)C(C)C. The van der Waals surface area contributed by atoms with E-state index >= 15 is 0 Å². The highest BCUT2D eigenvalue weighted by Gasteiger charge is 2.33. The van der Waals surface area contributed by atoms with Gasteiger partial charge >= 0.3 is 0 Å². The number of likely N-dealkylation sites (tertiary alicyclic amines) is 2. The Morgan fingerprint density at radius 3 is 2.53 bits per heavy atom. The maximum Gasteiger partial charge on any atom is 0.251 e. The van der Waals surface area contributed by atoms with Crippen LogP contribution in [0.1, 0.15) is 76.1 Å². The molecule has 2 heterocycles. The fourth-order valence-electron chi connectivity index (χ4n) is 6.25. The van der Waals surface area contributed by atoms with E-state index in [1.54, 1.807) is 0 Å². The van der Waals surface area contributed by atoms with Gasteiger partial charge in [0.1, 0.15) is 0 Å². The van der Waals surface area contributed by atoms with Gasteiger partial charge in [0, 0.05) is 36.1 Å². The Balaban J connectivity index is 1.41. The molecule has 3 atom stereocenters. The molecule has 2 unspecified atom stereocenters. The van der Waals surface area contributed by atoms with Gasteiger partial charge in [0.25, 0.3) is 5.91 Å². The molecular formula is C32H46ClN3O2. The molecule has 38 heavy (non-hydrogen) atoms. The molecular weight excluding hydrogens is 494 g/mol. The van der Waals surface area contributed by atoms with E-state index in [4.69, 9.17) is 11.6 Å². The highest BCUT2D eigenvalue weighted by atomic mass is 35.5. The largest absolute Gasteiger partial charge is 0.352 e. The molecule has 2 aliphatic heterocycles. The Kier molecular flexibility index (Phi) is 10.5. The summed E-state index contributed by atoms with van der Waals surface area (Å²) < 4.78 is 0. The molecule has 1 N–H and O–H groups in total. The normalized spacial score (nSPS) is 22.0. The highest BCUT2D eigenvalue weighted by molar-refractivity contribution is 6.31. The fourth-order valence-corrected chi connectivity index (χ4v) is 6.43. The minimum absolute atomic E-state index is 0.0383. The summed E-state index contributed by atoms with van der Waals surface area (Å²) in [5, 5.41) is 5.92. The van der Waals surface area contributed by atoms with Crippen LogP contribution < -0.4 is 5.32 Å². The molecule has 4 rings (SSSR count). The van der Waals surface area contributed by atoms with Gasteiger partial charge in [0.05, 0.1) is 0 Å². The Labute approximate surface area is 234 Å². The van der Waals surface area contributed by atoms with E-state index in [1.807, 2.05) is 36.4 Å². The van der Waals surface area contributed by atoms with Crippen LogP contribution in [0, 0.1) is 23.7 Å². The first-order valence-corrected chi connectivity index (χ1v) is 15.2. The van der Waals surface area contributed by atoms with Gasteiger partial charge < -0.3 is 15.1 Å². The van der Waals surface area contributed by atoms with E-state index in [0.717, 1.165) is 69.2 Å². The summed E-state index contributed by atoms with van der Waals surface area (Å²) in [6.07, 6.45) is 7.69. The lowest BCUT2D eigenvalue weighted by molar-refractivity contribution is -0.136. The van der Waals surface area contributed by atoms with Gasteiger partial charge in [-0.3, -0.25) is 9.59 Å². The summed E-state index contributed by atoms with van der Waals surface area (Å²) in [6.45, 7) is 12.4. The molecule has 5 nitrogen and oxygen atoms in total. The molecule has 0 saturated carbocycles. The molecule has 2 aromatic rings. The van der Waals surface area contributed by atoms with Crippen LogP contribution in [-0.4, -0.2) is 60.9 Å². The molecule has 6 heteroatoms. The summed E-state index contributed by atoms with van der Waals surface area (Å²) >= 11 is 6.11. The average molecular weight is 540 g/mol. The third kappa shape index (κ3) is 7.72. The topological polar surface area (TPSA) is 52.7 Å². The molecule has 2 aromatic carbocycles. The van der Waals surface area contributed by atoms with Gasteiger partial charge in [0.15, 0.2) is 0 Å². The third-order valence-corrected chi connectivity index (χ3v) is 9.10. The summed E-state index contributed by atoms with van der Waals surface area (Å²) in [5.41, 5.74) is 0.663. The maximum absolute atomic E-state index is 13.8. The zero-order valence-electron chi connectivity index (χ0n) is 23.6. The molecule has 0 radical (unpaired) electrons. The Bertz CT molecular complexity index is 1080. The van der Waals surface area contributed by atoms with Gasteiger partial charge in [0.2, 0.25) is 5.91 Å². The number of halogens is 1. The van der Waals surface area contributed by atoms with Gasteiger partial charge in [-0.05, 0) is 105 Å². The second-order valence-electron chi connectivity index (χ2n) is 11.9. The molecule has 0 spiro atoms. The number of nitrogens with one attached hydrogen (secondary N) is 1. The van der Waals surface area contributed by atoms with Crippen molar-refractivity contribution in [1.82, 2.24) is 15.1 Å². The van der Waals surface area contributed by atoms with Crippen LogP contribution in [-0.2, 0) is 4.79 Å². The van der Waals surface area contributed by atoms with E-state index in [9.17, 15) is 9.59 Å². The number of hydrogen-bond donors (Lipinski definition) is 1. The Hall–Kier alpha value is -2.11. The molecule has 0 aliphatic carbocycles. The Morgan fingerprint density at radius 2 is 1.79 bits per heavy atom. The predicted molar refractivity (Wildman–Crippen MR) is 158 cm³/mol. The van der Waals surface area contributed by atoms with Crippen LogP contribution in [0.5, 0.6) is 0 Å². The van der Waals surface area contributed by atoms with Crippen LogP contribution >= 0.6 is 11.6 Å². The molecule has 0 aromatic heterocycles. The fraction of sp³-hybridized carbons (Fsp3) is 0.625. The molecule has 2 fully saturated rings. The van der Waals surface area contributed by atoms with Crippen molar-refractivity contribution in [3.8, 4) is 0 Å². The molecule has 2 amide bonds. The lowest BCUT2D eigenvalue weighted by Crippen LogP contribution is -2.40. The summed E-state index contributed by atoms with van der Waals surface area (Å²) in [5.74, 6) is 1.72. The zero-order valence-corrected chi connectivity index (χ0v) is 24.3. The van der Waals surface area contributed by atoms with Crippen molar-refractivity contribution in [3.05, 3.63) is 47.0 Å². The number of amides is 2. The molecule has 208 valence electrons. The number of carbonyl (C=O) groups is 2. The number of carbonyl (C=O) groups excluding carboxylic acids is 2. The van der Waals surface area contributed by atoms with Gasteiger partial charge in [-0.25, -0.2) is 0 Å². The van der Waals surface area contributed by atoms with Crippen molar-refractivity contribution in [3.63, 3.8) is 0 Å².